The van der Waals surface area contributed by atoms with E-state index < -0.39 is 4.92 Å². The summed E-state index contributed by atoms with van der Waals surface area (Å²) in [6.07, 6.45) is 2.94. The fourth-order valence-corrected chi connectivity index (χ4v) is 3.55. The number of rotatable bonds is 4. The van der Waals surface area contributed by atoms with Crippen LogP contribution in [0.1, 0.15) is 11.1 Å². The Balaban J connectivity index is 1.75. The lowest BCUT2D eigenvalue weighted by atomic mass is 10.2. The van der Waals surface area contributed by atoms with E-state index in [-0.39, 0.29) is 21.8 Å². The fraction of sp³-hybridized carbons (Fsp3) is 0. The molecule has 1 saturated heterocycles. The van der Waals surface area contributed by atoms with Crippen molar-refractivity contribution in [3.05, 3.63) is 77.6 Å². The van der Waals surface area contributed by atoms with E-state index in [2.05, 4.69) is 15.5 Å². The number of nitrogens with one attached hydrogen (secondary N) is 1. The summed E-state index contributed by atoms with van der Waals surface area (Å²) in [5.74, 6) is -0.341. The van der Waals surface area contributed by atoms with E-state index in [1.54, 1.807) is 30.3 Å². The number of benzene rings is 2. The van der Waals surface area contributed by atoms with Crippen molar-refractivity contribution in [1.82, 2.24) is 5.32 Å². The van der Waals surface area contributed by atoms with Gasteiger partial charge < -0.3 is 0 Å². The van der Waals surface area contributed by atoms with Crippen molar-refractivity contribution in [2.24, 2.45) is 10.2 Å². The molecule has 1 N–H and O–H groups in total. The fourth-order valence-electron chi connectivity index (χ4n) is 2.13. The second-order valence-corrected chi connectivity index (χ2v) is 7.63. The summed E-state index contributed by atoms with van der Waals surface area (Å²) in [4.78, 5) is 22.8. The number of carbonyl (C=O) groups excluding carboxylic acids is 1. The van der Waals surface area contributed by atoms with E-state index in [9.17, 15) is 14.9 Å². The van der Waals surface area contributed by atoms with Crippen LogP contribution in [-0.4, -0.2) is 22.2 Å². The Hall–Kier alpha value is -2.39. The zero-order chi connectivity index (χ0) is 20.3. The lowest BCUT2D eigenvalue weighted by Crippen LogP contribution is -2.19. The smallest absolute Gasteiger partial charge is 0.288 e. The third-order valence-corrected chi connectivity index (χ3v) is 5.20. The molecule has 28 heavy (non-hydrogen) atoms. The van der Waals surface area contributed by atoms with Crippen molar-refractivity contribution < 1.29 is 9.72 Å². The molecule has 0 radical (unpaired) electrons. The standard InChI is InChI=1S/C17H9Cl3N4O3S/c18-11-3-2-10(13(20)7-11)6-15-16(25)22-17(28-15)23-21-8-9-1-4-12(19)14(5-9)24(26)27/h1-8H,(H,22,23,25)/b15-6-,21-8+. The number of nitro benzene ring substituents is 1. The molecule has 11 heteroatoms. The monoisotopic (exact) mass is 454 g/mol. The van der Waals surface area contributed by atoms with E-state index in [4.69, 9.17) is 34.8 Å². The van der Waals surface area contributed by atoms with Gasteiger partial charge in [-0.3, -0.25) is 20.2 Å². The zero-order valence-electron chi connectivity index (χ0n) is 13.7. The van der Waals surface area contributed by atoms with Crippen LogP contribution >= 0.6 is 46.6 Å². The lowest BCUT2D eigenvalue weighted by molar-refractivity contribution is -0.384. The van der Waals surface area contributed by atoms with Crippen LogP contribution in [0.3, 0.4) is 0 Å². The molecule has 0 spiro atoms. The third-order valence-electron chi connectivity index (χ3n) is 3.42. The normalized spacial score (nSPS) is 16.9. The quantitative estimate of drug-likeness (QED) is 0.298. The van der Waals surface area contributed by atoms with E-state index >= 15 is 0 Å². The molecule has 2 aromatic rings. The molecule has 0 saturated carbocycles. The minimum Gasteiger partial charge on any atom is -0.299 e. The predicted octanol–water partition coefficient (Wildman–Crippen LogP) is 5.15. The maximum atomic E-state index is 12.1. The van der Waals surface area contributed by atoms with E-state index in [1.165, 1.54) is 18.3 Å². The summed E-state index contributed by atoms with van der Waals surface area (Å²) in [5, 5.41) is 22.4. The molecule has 0 unspecified atom stereocenters. The number of carbonyl (C=O) groups is 1. The van der Waals surface area contributed by atoms with Gasteiger partial charge in [-0.05, 0) is 41.6 Å². The minimum atomic E-state index is -0.586. The number of amidine groups is 1. The number of thioether (sulfide) groups is 1. The van der Waals surface area contributed by atoms with Gasteiger partial charge >= 0.3 is 0 Å². The summed E-state index contributed by atoms with van der Waals surface area (Å²) in [7, 11) is 0. The number of hydrogen-bond donors (Lipinski definition) is 1. The highest BCUT2D eigenvalue weighted by atomic mass is 35.5. The first-order valence-corrected chi connectivity index (χ1v) is 9.49. The van der Waals surface area contributed by atoms with E-state index in [0.29, 0.717) is 26.1 Å². The summed E-state index contributed by atoms with van der Waals surface area (Å²) < 4.78 is 0. The van der Waals surface area contributed by atoms with Crippen molar-refractivity contribution >= 4 is 75.6 Å². The van der Waals surface area contributed by atoms with Gasteiger partial charge in [0.05, 0.1) is 16.0 Å². The van der Waals surface area contributed by atoms with Crippen molar-refractivity contribution in [1.29, 1.82) is 0 Å². The van der Waals surface area contributed by atoms with Crippen LogP contribution in [0.15, 0.2) is 51.5 Å². The van der Waals surface area contributed by atoms with Crippen molar-refractivity contribution in [2.45, 2.75) is 0 Å². The van der Waals surface area contributed by atoms with Gasteiger partial charge in [0.1, 0.15) is 5.02 Å². The Kier molecular flexibility index (Phi) is 6.35. The minimum absolute atomic E-state index is 0.0303. The Bertz CT molecular complexity index is 1070. The Morgan fingerprint density at radius 3 is 2.61 bits per heavy atom. The van der Waals surface area contributed by atoms with Crippen LogP contribution in [0, 0.1) is 10.1 Å². The number of amides is 1. The molecule has 1 aliphatic heterocycles. The molecule has 7 nitrogen and oxygen atoms in total. The molecular weight excluding hydrogens is 447 g/mol. The van der Waals surface area contributed by atoms with Crippen molar-refractivity contribution in [2.75, 3.05) is 0 Å². The van der Waals surface area contributed by atoms with E-state index in [1.807, 2.05) is 0 Å². The van der Waals surface area contributed by atoms with Crippen molar-refractivity contribution in [3.8, 4) is 0 Å². The van der Waals surface area contributed by atoms with Crippen LogP contribution in [0.25, 0.3) is 6.08 Å². The largest absolute Gasteiger partial charge is 0.299 e. The van der Waals surface area contributed by atoms with Gasteiger partial charge in [0.2, 0.25) is 0 Å². The van der Waals surface area contributed by atoms with Crippen LogP contribution in [0.4, 0.5) is 5.69 Å². The predicted molar refractivity (Wildman–Crippen MR) is 113 cm³/mol. The molecule has 1 heterocycles. The molecule has 142 valence electrons. The highest BCUT2D eigenvalue weighted by Crippen LogP contribution is 2.30. The van der Waals surface area contributed by atoms with Crippen LogP contribution < -0.4 is 5.32 Å². The van der Waals surface area contributed by atoms with Gasteiger partial charge in [-0.2, -0.15) is 5.10 Å². The lowest BCUT2D eigenvalue weighted by Gasteiger charge is -1.99. The second-order valence-electron chi connectivity index (χ2n) is 5.35. The molecule has 0 bridgehead atoms. The van der Waals surface area contributed by atoms with Gasteiger partial charge in [-0.25, -0.2) is 0 Å². The van der Waals surface area contributed by atoms with Crippen LogP contribution in [-0.2, 0) is 4.79 Å². The number of hydrogen-bond acceptors (Lipinski definition) is 6. The highest BCUT2D eigenvalue weighted by molar-refractivity contribution is 8.18. The summed E-state index contributed by atoms with van der Waals surface area (Å²) in [5.41, 5.74) is 0.854. The molecule has 1 amide bonds. The summed E-state index contributed by atoms with van der Waals surface area (Å²) in [6.45, 7) is 0. The zero-order valence-corrected chi connectivity index (χ0v) is 16.8. The molecule has 2 aromatic carbocycles. The maximum Gasteiger partial charge on any atom is 0.288 e. The molecule has 1 fully saturated rings. The summed E-state index contributed by atoms with van der Waals surface area (Å²) in [6, 6.07) is 9.19. The Morgan fingerprint density at radius 1 is 1.11 bits per heavy atom. The van der Waals surface area contributed by atoms with Gasteiger partial charge in [-0.1, -0.05) is 46.9 Å². The Labute approximate surface area is 178 Å². The molecule has 3 rings (SSSR count). The van der Waals surface area contributed by atoms with Gasteiger partial charge in [0, 0.05) is 21.7 Å². The topological polar surface area (TPSA) is 97.0 Å². The average molecular weight is 456 g/mol. The number of nitro groups is 1. The van der Waals surface area contributed by atoms with Gasteiger partial charge in [0.25, 0.3) is 11.6 Å². The summed E-state index contributed by atoms with van der Waals surface area (Å²) >= 11 is 18.8. The maximum absolute atomic E-state index is 12.1. The van der Waals surface area contributed by atoms with Crippen LogP contribution in [0.2, 0.25) is 15.1 Å². The number of halogens is 3. The first-order chi connectivity index (χ1) is 13.3. The Morgan fingerprint density at radius 2 is 1.89 bits per heavy atom. The molecule has 1 aliphatic rings. The molecule has 0 aliphatic carbocycles. The number of nitrogens with zero attached hydrogens (tertiary/aromatic N) is 3. The molecule has 0 atom stereocenters. The average Bonchev–Trinajstić information content (AvgIpc) is 2.98. The first-order valence-electron chi connectivity index (χ1n) is 7.54. The highest BCUT2D eigenvalue weighted by Gasteiger charge is 2.24. The SMILES string of the molecule is O=C1N/C(=N\N=C\c2ccc(Cl)c([N+](=O)[O-])c2)S/C1=C\c1ccc(Cl)cc1Cl. The third kappa shape index (κ3) is 4.90. The molecule has 0 aromatic heterocycles. The van der Waals surface area contributed by atoms with Gasteiger partial charge in [-0.15, -0.1) is 5.10 Å². The second kappa shape index (κ2) is 8.74. The van der Waals surface area contributed by atoms with E-state index in [0.717, 1.165) is 11.8 Å². The molecular formula is C17H9Cl3N4O3S. The van der Waals surface area contributed by atoms with Crippen molar-refractivity contribution in [3.63, 3.8) is 0 Å². The van der Waals surface area contributed by atoms with Gasteiger partial charge in [0.15, 0.2) is 5.17 Å². The first kappa shape index (κ1) is 20.3. The van der Waals surface area contributed by atoms with Crippen LogP contribution in [0.5, 0.6) is 0 Å².